The number of ketones is 1. The molecule has 6 heteroatoms. The minimum absolute atomic E-state index is 0. The fourth-order valence-electron chi connectivity index (χ4n) is 5.43. The zero-order valence-electron chi connectivity index (χ0n) is 32.0. The molecule has 0 aliphatic carbocycles. The first-order valence-electron chi connectivity index (χ1n) is 19.2. The van der Waals surface area contributed by atoms with Gasteiger partial charge in [-0.05, 0) is 52.0 Å². The van der Waals surface area contributed by atoms with E-state index in [2.05, 4.69) is 26.0 Å². The van der Waals surface area contributed by atoms with Crippen molar-refractivity contribution in [2.24, 2.45) is 11.5 Å². The Morgan fingerprint density at radius 2 is 0.844 bits per heavy atom. The molecule has 264 valence electrons. The van der Waals surface area contributed by atoms with Gasteiger partial charge in [-0.25, -0.2) is 4.79 Å². The van der Waals surface area contributed by atoms with Gasteiger partial charge in [0.25, 0.3) is 0 Å². The van der Waals surface area contributed by atoms with Crippen molar-refractivity contribution < 1.29 is 45.7 Å². The standard InChI is InChI=1S/C21H39NO3.C18H39N.Na.H/c1-3-4-5-6-7-8-9-10-11-12-13-14-15-16-17-18-19(23)21(2,22)20(24)25;1-2-3-4-5-6-7-8-9-10-11-12-13-14-15-16-17-18-19;;/h10-11H,3-9,12-18,22H2,1-2H3,(H,24,25);2-19H2,1H3;;/q;;+1;-1/b11-10-;;;. The van der Waals surface area contributed by atoms with E-state index < -0.39 is 11.5 Å². The Balaban J connectivity index is -0.000000380. The molecule has 0 rings (SSSR count). The van der Waals surface area contributed by atoms with Gasteiger partial charge >= 0.3 is 35.5 Å². The van der Waals surface area contributed by atoms with Crippen LogP contribution in [0.3, 0.4) is 0 Å². The zero-order valence-corrected chi connectivity index (χ0v) is 33.0. The second-order valence-electron chi connectivity index (χ2n) is 13.4. The average molecular weight is 647 g/mol. The van der Waals surface area contributed by atoms with Gasteiger partial charge < -0.3 is 18.0 Å². The van der Waals surface area contributed by atoms with Crippen LogP contribution in [0.1, 0.15) is 215 Å². The Morgan fingerprint density at radius 3 is 1.16 bits per heavy atom. The van der Waals surface area contributed by atoms with Crippen LogP contribution in [0.5, 0.6) is 0 Å². The number of hydrogen-bond acceptors (Lipinski definition) is 4. The van der Waals surface area contributed by atoms with E-state index in [9.17, 15) is 9.59 Å². The normalized spacial score (nSPS) is 12.4. The van der Waals surface area contributed by atoms with Gasteiger partial charge in [0.2, 0.25) is 0 Å². The van der Waals surface area contributed by atoms with E-state index in [0.717, 1.165) is 38.6 Å². The van der Waals surface area contributed by atoms with Gasteiger partial charge in [0, 0.05) is 6.42 Å². The monoisotopic (exact) mass is 647 g/mol. The van der Waals surface area contributed by atoms with E-state index in [4.69, 9.17) is 16.6 Å². The van der Waals surface area contributed by atoms with Crippen molar-refractivity contribution in [1.29, 1.82) is 0 Å². The predicted molar refractivity (Wildman–Crippen MR) is 194 cm³/mol. The van der Waals surface area contributed by atoms with Gasteiger partial charge in [0.05, 0.1) is 0 Å². The largest absolute Gasteiger partial charge is 1.00 e. The van der Waals surface area contributed by atoms with Crippen LogP contribution in [0, 0.1) is 0 Å². The van der Waals surface area contributed by atoms with Crippen molar-refractivity contribution in [3.8, 4) is 0 Å². The van der Waals surface area contributed by atoms with Crippen molar-refractivity contribution in [2.45, 2.75) is 219 Å². The molecule has 0 aliphatic heterocycles. The van der Waals surface area contributed by atoms with Crippen molar-refractivity contribution >= 4 is 11.8 Å². The summed E-state index contributed by atoms with van der Waals surface area (Å²) in [6.45, 7) is 6.68. The molecule has 0 fully saturated rings. The molecule has 0 bridgehead atoms. The summed E-state index contributed by atoms with van der Waals surface area (Å²) in [4.78, 5) is 22.6. The van der Waals surface area contributed by atoms with Gasteiger partial charge in [-0.15, -0.1) is 0 Å². The van der Waals surface area contributed by atoms with E-state index in [1.54, 1.807) is 0 Å². The van der Waals surface area contributed by atoms with Crippen molar-refractivity contribution in [1.82, 2.24) is 0 Å². The Hall–Kier alpha value is -0.200. The summed E-state index contributed by atoms with van der Waals surface area (Å²) < 4.78 is 0. The van der Waals surface area contributed by atoms with Gasteiger partial charge in [-0.3, -0.25) is 4.79 Å². The number of carboxylic acid groups (broad SMARTS) is 1. The number of carbonyl (C=O) groups is 2. The van der Waals surface area contributed by atoms with Gasteiger partial charge in [-0.1, -0.05) is 174 Å². The van der Waals surface area contributed by atoms with Gasteiger partial charge in [0.15, 0.2) is 11.3 Å². The third-order valence-corrected chi connectivity index (χ3v) is 8.75. The Labute approximate surface area is 305 Å². The number of unbranched alkanes of at least 4 members (excludes halogenated alkanes) is 26. The Bertz CT molecular complexity index is 631. The molecule has 0 saturated heterocycles. The summed E-state index contributed by atoms with van der Waals surface area (Å²) in [5, 5.41) is 8.88. The number of Topliss-reactive ketones (excluding diaryl/α,β-unsaturated/α-hetero) is 1. The molecule has 0 aromatic rings. The number of rotatable bonds is 33. The van der Waals surface area contributed by atoms with Gasteiger partial charge in [-0.2, -0.15) is 0 Å². The van der Waals surface area contributed by atoms with Crippen LogP contribution in [0.25, 0.3) is 0 Å². The van der Waals surface area contributed by atoms with Crippen molar-refractivity contribution in [2.75, 3.05) is 6.54 Å². The summed E-state index contributed by atoms with van der Waals surface area (Å²) in [6.07, 6.45) is 43.3. The summed E-state index contributed by atoms with van der Waals surface area (Å²) in [5.74, 6) is -1.62. The molecule has 1 unspecified atom stereocenters. The fraction of sp³-hybridized carbons (Fsp3) is 0.897. The average Bonchev–Trinajstić information content (AvgIpc) is 3.01. The maximum Gasteiger partial charge on any atom is 1.00 e. The summed E-state index contributed by atoms with van der Waals surface area (Å²) in [7, 11) is 0. The second-order valence-corrected chi connectivity index (χ2v) is 13.4. The zero-order chi connectivity index (χ0) is 33.0. The first-order chi connectivity index (χ1) is 21.3. The molecule has 1 atom stereocenters. The molecule has 0 amide bonds. The molecule has 0 spiro atoms. The molecule has 0 aromatic heterocycles. The maximum absolute atomic E-state index is 11.7. The van der Waals surface area contributed by atoms with Crippen molar-refractivity contribution in [3.05, 3.63) is 12.2 Å². The number of aliphatic carboxylic acids is 1. The SMILES string of the molecule is CCCCCCCC/C=C\CCCCCCCC(=O)C(C)(N)C(=O)O.CCCCCCCCCCCCCCCCCCN.[H-].[Na+]. The summed E-state index contributed by atoms with van der Waals surface area (Å²) in [5.41, 5.74) is 9.25. The second kappa shape index (κ2) is 40.0. The molecule has 45 heavy (non-hydrogen) atoms. The van der Waals surface area contributed by atoms with Crippen LogP contribution in [0.2, 0.25) is 0 Å². The minimum Gasteiger partial charge on any atom is -1.00 e. The summed E-state index contributed by atoms with van der Waals surface area (Å²) >= 11 is 0. The fourth-order valence-corrected chi connectivity index (χ4v) is 5.43. The van der Waals surface area contributed by atoms with Gasteiger partial charge in [0.1, 0.15) is 0 Å². The predicted octanol–water partition coefficient (Wildman–Crippen LogP) is 8.72. The first kappa shape index (κ1) is 49.2. The molecular formula is C39H79N2NaO3. The molecule has 0 aliphatic rings. The van der Waals surface area contributed by atoms with Crippen LogP contribution in [0.4, 0.5) is 0 Å². The van der Waals surface area contributed by atoms with Crippen LogP contribution >= 0.6 is 0 Å². The molecule has 0 aromatic carbocycles. The van der Waals surface area contributed by atoms with Crippen LogP contribution in [0.15, 0.2) is 12.2 Å². The maximum atomic E-state index is 11.7. The molecule has 5 N–H and O–H groups in total. The number of carboxylic acids is 1. The van der Waals surface area contributed by atoms with Crippen LogP contribution in [-0.4, -0.2) is 28.9 Å². The minimum atomic E-state index is -1.74. The molecular weight excluding hydrogens is 567 g/mol. The topological polar surface area (TPSA) is 106 Å². The van der Waals surface area contributed by atoms with E-state index in [-0.39, 0.29) is 43.2 Å². The van der Waals surface area contributed by atoms with E-state index in [0.29, 0.717) is 0 Å². The number of nitrogens with two attached hydrogens (primary N) is 2. The summed E-state index contributed by atoms with van der Waals surface area (Å²) in [6, 6.07) is 0. The smallest absolute Gasteiger partial charge is 1.00 e. The molecule has 0 radical (unpaired) electrons. The van der Waals surface area contributed by atoms with E-state index in [1.165, 1.54) is 161 Å². The third kappa shape index (κ3) is 38.1. The third-order valence-electron chi connectivity index (χ3n) is 8.75. The van der Waals surface area contributed by atoms with Crippen LogP contribution < -0.4 is 41.0 Å². The number of hydrogen-bond donors (Lipinski definition) is 3. The number of allylic oxidation sites excluding steroid dienone is 2. The first-order valence-corrected chi connectivity index (χ1v) is 19.2. The van der Waals surface area contributed by atoms with E-state index >= 15 is 0 Å². The van der Waals surface area contributed by atoms with Crippen molar-refractivity contribution in [3.63, 3.8) is 0 Å². The molecule has 5 nitrogen and oxygen atoms in total. The molecule has 0 saturated carbocycles. The Kier molecular flexibility index (Phi) is 43.7. The molecule has 0 heterocycles. The quantitative estimate of drug-likeness (QED) is 0.0286. The van der Waals surface area contributed by atoms with E-state index in [1.807, 2.05) is 0 Å². The van der Waals surface area contributed by atoms with Crippen LogP contribution in [-0.2, 0) is 9.59 Å². The Morgan fingerprint density at radius 1 is 0.556 bits per heavy atom. The number of carbonyl (C=O) groups excluding carboxylic acids is 1.